The van der Waals surface area contributed by atoms with Gasteiger partial charge in [0.2, 0.25) is 5.91 Å². The van der Waals surface area contributed by atoms with Crippen molar-refractivity contribution in [1.82, 2.24) is 5.32 Å². The summed E-state index contributed by atoms with van der Waals surface area (Å²) in [4.78, 5) is 25.0. The normalized spacial score (nSPS) is 14.1. The molecular formula is C16H22N2O3. The van der Waals surface area contributed by atoms with Gasteiger partial charge in [0.1, 0.15) is 0 Å². The Morgan fingerprint density at radius 1 is 1.33 bits per heavy atom. The summed E-state index contributed by atoms with van der Waals surface area (Å²) < 4.78 is 0. The van der Waals surface area contributed by atoms with E-state index in [1.807, 2.05) is 0 Å². The molecule has 1 aromatic carbocycles. The van der Waals surface area contributed by atoms with E-state index in [1.54, 1.807) is 23.1 Å². The van der Waals surface area contributed by atoms with Gasteiger partial charge in [0.05, 0.1) is 5.56 Å². The van der Waals surface area contributed by atoms with E-state index in [2.05, 4.69) is 26.1 Å². The molecule has 0 radical (unpaired) electrons. The summed E-state index contributed by atoms with van der Waals surface area (Å²) >= 11 is 0. The quantitative estimate of drug-likeness (QED) is 0.890. The van der Waals surface area contributed by atoms with Gasteiger partial charge in [0, 0.05) is 30.7 Å². The lowest BCUT2D eigenvalue weighted by Gasteiger charge is -2.22. The fraction of sp³-hybridized carbons (Fsp3) is 0.500. The third kappa shape index (κ3) is 3.82. The molecule has 0 saturated carbocycles. The van der Waals surface area contributed by atoms with Crippen molar-refractivity contribution < 1.29 is 14.7 Å². The molecule has 2 rings (SSSR count). The largest absolute Gasteiger partial charge is 0.478 e. The van der Waals surface area contributed by atoms with E-state index in [9.17, 15) is 9.59 Å². The van der Waals surface area contributed by atoms with Crippen LogP contribution < -0.4 is 10.2 Å². The second-order valence-corrected chi connectivity index (χ2v) is 6.37. The van der Waals surface area contributed by atoms with Gasteiger partial charge in [0.25, 0.3) is 0 Å². The number of carbonyl (C=O) groups excluding carboxylic acids is 1. The maximum atomic E-state index is 12.3. The zero-order valence-corrected chi connectivity index (χ0v) is 12.8. The molecule has 1 aromatic rings. The van der Waals surface area contributed by atoms with Crippen molar-refractivity contribution in [2.75, 3.05) is 18.0 Å². The van der Waals surface area contributed by atoms with E-state index in [0.29, 0.717) is 19.5 Å². The number of aromatic carboxylic acids is 1. The fourth-order valence-corrected chi connectivity index (χ4v) is 2.47. The molecule has 0 saturated heterocycles. The molecule has 0 atom stereocenters. The molecule has 5 heteroatoms. The number of rotatable bonds is 4. The van der Waals surface area contributed by atoms with E-state index in [0.717, 1.165) is 17.7 Å². The third-order valence-corrected chi connectivity index (χ3v) is 3.52. The highest BCUT2D eigenvalue weighted by Gasteiger charge is 2.25. The van der Waals surface area contributed by atoms with Gasteiger partial charge in [-0.05, 0) is 51.0 Å². The van der Waals surface area contributed by atoms with Crippen LogP contribution in [0.5, 0.6) is 0 Å². The lowest BCUT2D eigenvalue weighted by Crippen LogP contribution is -2.39. The molecule has 2 N–H and O–H groups in total. The van der Waals surface area contributed by atoms with Gasteiger partial charge >= 0.3 is 5.97 Å². The molecule has 0 bridgehead atoms. The summed E-state index contributed by atoms with van der Waals surface area (Å²) in [5.41, 5.74) is 2.06. The number of amides is 1. The number of nitrogens with one attached hydrogen (secondary N) is 1. The molecule has 0 aliphatic carbocycles. The minimum Gasteiger partial charge on any atom is -0.478 e. The molecule has 21 heavy (non-hydrogen) atoms. The number of nitrogens with zero attached hydrogens (tertiary/aromatic N) is 1. The summed E-state index contributed by atoms with van der Waals surface area (Å²) in [6, 6.07) is 4.96. The smallest absolute Gasteiger partial charge is 0.335 e. The molecular weight excluding hydrogens is 268 g/mol. The van der Waals surface area contributed by atoms with E-state index in [1.165, 1.54) is 0 Å². The number of anilines is 1. The second-order valence-electron chi connectivity index (χ2n) is 6.37. The highest BCUT2D eigenvalue weighted by molar-refractivity contribution is 5.97. The number of carboxylic acids is 1. The third-order valence-electron chi connectivity index (χ3n) is 3.52. The van der Waals surface area contributed by atoms with Crippen molar-refractivity contribution >= 4 is 17.6 Å². The highest BCUT2D eigenvalue weighted by Crippen LogP contribution is 2.29. The summed E-state index contributed by atoms with van der Waals surface area (Å²) in [6.07, 6.45) is 1.16. The Morgan fingerprint density at radius 3 is 2.67 bits per heavy atom. The number of hydrogen-bond donors (Lipinski definition) is 2. The molecule has 0 aromatic heterocycles. The van der Waals surface area contributed by atoms with Crippen molar-refractivity contribution in [3.05, 3.63) is 29.3 Å². The predicted octanol–water partition coefficient (Wildman–Crippen LogP) is 2.05. The first-order chi connectivity index (χ1) is 9.78. The minimum absolute atomic E-state index is 0.000411. The molecule has 0 fully saturated rings. The van der Waals surface area contributed by atoms with Crippen molar-refractivity contribution in [1.29, 1.82) is 0 Å². The van der Waals surface area contributed by atoms with E-state index in [-0.39, 0.29) is 17.0 Å². The number of carbonyl (C=O) groups is 2. The average molecular weight is 290 g/mol. The van der Waals surface area contributed by atoms with Crippen LogP contribution in [0, 0.1) is 0 Å². The van der Waals surface area contributed by atoms with Crippen LogP contribution >= 0.6 is 0 Å². The molecule has 114 valence electrons. The molecule has 1 amide bonds. The van der Waals surface area contributed by atoms with E-state index >= 15 is 0 Å². The number of fused-ring (bicyclic) bond motifs is 1. The Hall–Kier alpha value is -1.88. The first kappa shape index (κ1) is 15.5. The van der Waals surface area contributed by atoms with Crippen molar-refractivity contribution in [3.63, 3.8) is 0 Å². The van der Waals surface area contributed by atoms with Crippen LogP contribution in [-0.2, 0) is 11.2 Å². The first-order valence-corrected chi connectivity index (χ1v) is 7.19. The predicted molar refractivity (Wildman–Crippen MR) is 81.8 cm³/mol. The van der Waals surface area contributed by atoms with Gasteiger partial charge in [0.15, 0.2) is 0 Å². The fourth-order valence-electron chi connectivity index (χ4n) is 2.47. The Morgan fingerprint density at radius 2 is 2.05 bits per heavy atom. The molecule has 0 spiro atoms. The maximum absolute atomic E-state index is 12.3. The van der Waals surface area contributed by atoms with Crippen molar-refractivity contribution in [3.8, 4) is 0 Å². The van der Waals surface area contributed by atoms with Gasteiger partial charge < -0.3 is 15.3 Å². The molecule has 1 aliphatic heterocycles. The number of carboxylic acid groups (broad SMARTS) is 1. The van der Waals surface area contributed by atoms with Crippen LogP contribution in [0.25, 0.3) is 0 Å². The monoisotopic (exact) mass is 290 g/mol. The summed E-state index contributed by atoms with van der Waals surface area (Å²) in [7, 11) is 0. The van der Waals surface area contributed by atoms with Crippen LogP contribution in [0.15, 0.2) is 18.2 Å². The lowest BCUT2D eigenvalue weighted by molar-refractivity contribution is -0.118. The van der Waals surface area contributed by atoms with Gasteiger partial charge in [-0.1, -0.05) is 0 Å². The Bertz CT molecular complexity index is 561. The van der Waals surface area contributed by atoms with E-state index < -0.39 is 5.97 Å². The van der Waals surface area contributed by atoms with Gasteiger partial charge in [-0.2, -0.15) is 0 Å². The minimum atomic E-state index is -0.933. The summed E-state index contributed by atoms with van der Waals surface area (Å²) in [5.74, 6) is -0.856. The zero-order valence-electron chi connectivity index (χ0n) is 12.8. The number of hydrogen-bond acceptors (Lipinski definition) is 3. The van der Waals surface area contributed by atoms with Gasteiger partial charge in [-0.15, -0.1) is 0 Å². The summed E-state index contributed by atoms with van der Waals surface area (Å²) in [5, 5.41) is 12.3. The van der Waals surface area contributed by atoms with Crippen molar-refractivity contribution in [2.45, 2.75) is 39.2 Å². The van der Waals surface area contributed by atoms with Crippen LogP contribution in [0.1, 0.15) is 43.1 Å². The molecule has 5 nitrogen and oxygen atoms in total. The SMILES string of the molecule is CC(C)(C)NCCC(=O)N1CCc2cc(C(=O)O)ccc21. The van der Waals surface area contributed by atoms with Crippen LogP contribution in [0.4, 0.5) is 5.69 Å². The average Bonchev–Trinajstić information content (AvgIpc) is 2.79. The van der Waals surface area contributed by atoms with Crippen LogP contribution in [-0.4, -0.2) is 35.6 Å². The zero-order chi connectivity index (χ0) is 15.6. The molecule has 1 heterocycles. The molecule has 0 unspecified atom stereocenters. The molecule has 1 aliphatic rings. The Balaban J connectivity index is 2.02. The van der Waals surface area contributed by atoms with Gasteiger partial charge in [-0.3, -0.25) is 4.79 Å². The summed E-state index contributed by atoms with van der Waals surface area (Å²) in [6.45, 7) is 7.47. The Kier molecular flexibility index (Phi) is 4.32. The van der Waals surface area contributed by atoms with Gasteiger partial charge in [-0.25, -0.2) is 4.79 Å². The Labute approximate surface area is 125 Å². The van der Waals surface area contributed by atoms with Crippen LogP contribution in [0.3, 0.4) is 0 Å². The standard InChI is InChI=1S/C16H22N2O3/c1-16(2,3)17-8-6-14(19)18-9-7-11-10-12(15(20)21)4-5-13(11)18/h4-5,10,17H,6-9H2,1-3H3,(H,20,21). The van der Waals surface area contributed by atoms with Crippen LogP contribution in [0.2, 0.25) is 0 Å². The first-order valence-electron chi connectivity index (χ1n) is 7.19. The van der Waals surface area contributed by atoms with E-state index in [4.69, 9.17) is 5.11 Å². The lowest BCUT2D eigenvalue weighted by atomic mass is 10.1. The topological polar surface area (TPSA) is 69.6 Å². The highest BCUT2D eigenvalue weighted by atomic mass is 16.4. The second kappa shape index (κ2) is 5.85. The van der Waals surface area contributed by atoms with Crippen molar-refractivity contribution in [2.24, 2.45) is 0 Å². The number of benzene rings is 1. The maximum Gasteiger partial charge on any atom is 0.335 e.